The van der Waals surface area contributed by atoms with E-state index in [0.717, 1.165) is 12.3 Å². The first-order valence-electron chi connectivity index (χ1n) is 12.0. The number of hydrogen-bond acceptors (Lipinski definition) is 6. The molecule has 0 spiro atoms. The summed E-state index contributed by atoms with van der Waals surface area (Å²) >= 11 is 0. The molecule has 0 radical (unpaired) electrons. The van der Waals surface area contributed by atoms with Gasteiger partial charge in [0.1, 0.15) is 17.4 Å². The number of sulfonamides is 1. The summed E-state index contributed by atoms with van der Waals surface area (Å²) < 4.78 is 85.7. The fourth-order valence-corrected chi connectivity index (χ4v) is 6.78. The van der Waals surface area contributed by atoms with Gasteiger partial charge >= 0.3 is 6.18 Å². The van der Waals surface area contributed by atoms with Gasteiger partial charge in [0.25, 0.3) is 10.0 Å². The number of halogens is 4. The third-order valence-corrected chi connectivity index (χ3v) is 8.77. The van der Waals surface area contributed by atoms with Crippen LogP contribution in [0, 0.1) is 11.7 Å². The zero-order chi connectivity index (χ0) is 27.5. The Bertz CT molecular complexity index is 1690. The summed E-state index contributed by atoms with van der Waals surface area (Å²) in [6.07, 6.45) is -1.31. The van der Waals surface area contributed by atoms with Crippen LogP contribution in [0.15, 0.2) is 70.4 Å². The number of amides is 1. The summed E-state index contributed by atoms with van der Waals surface area (Å²) in [5.41, 5.74) is 0.583. The maximum Gasteiger partial charge on any atom is 0.417 e. The lowest BCUT2D eigenvalue weighted by atomic mass is 10.1. The number of benzene rings is 1. The Hall–Kier alpha value is -3.84. The first kappa shape index (κ1) is 25.4. The molecule has 3 atom stereocenters. The molecule has 1 aliphatic carbocycles. The fourth-order valence-electron chi connectivity index (χ4n) is 4.97. The molecule has 0 unspecified atom stereocenters. The monoisotopic (exact) mass is 560 g/mol. The highest BCUT2D eigenvalue weighted by molar-refractivity contribution is 7.89. The molecule has 2 aliphatic rings. The molecule has 202 valence electrons. The highest BCUT2D eigenvalue weighted by Crippen LogP contribution is 2.50. The maximum absolute atomic E-state index is 13.6. The molecule has 1 aliphatic heterocycles. The zero-order valence-corrected chi connectivity index (χ0v) is 20.8. The van der Waals surface area contributed by atoms with Gasteiger partial charge in [-0.3, -0.25) is 14.8 Å². The maximum atomic E-state index is 13.6. The lowest BCUT2D eigenvalue weighted by molar-refractivity contribution is -0.137. The molecule has 2 fully saturated rings. The van der Waals surface area contributed by atoms with Crippen molar-refractivity contribution in [2.24, 2.45) is 5.92 Å². The molecule has 1 N–H and O–H groups in total. The van der Waals surface area contributed by atoms with Crippen LogP contribution in [0.25, 0.3) is 22.2 Å². The van der Waals surface area contributed by atoms with Crippen LogP contribution in [0.4, 0.5) is 17.6 Å². The standard InChI is InChI=1S/C26H20F4N4O4S/c27-18-2-4-23-16(7-18)11-24(38-23)39(36,37)34-21-9-15(21)10-22(34)25(35)33-13-19-8-14(5-6-31-19)20-3-1-17(12-32-20)26(28,29)30/h1-8,11-12,15,21-22H,9-10,13H2,(H,33,35)/t15-,21-,22-/m0/s1. The summed E-state index contributed by atoms with van der Waals surface area (Å²) in [5, 5.41) is 2.67. The van der Waals surface area contributed by atoms with Crippen molar-refractivity contribution in [3.8, 4) is 11.3 Å². The van der Waals surface area contributed by atoms with E-state index in [1.165, 1.54) is 40.8 Å². The third-order valence-electron chi connectivity index (χ3n) is 6.98. The smallest absolute Gasteiger partial charge is 0.417 e. The Morgan fingerprint density at radius 2 is 1.90 bits per heavy atom. The Morgan fingerprint density at radius 1 is 1.08 bits per heavy atom. The van der Waals surface area contributed by atoms with E-state index in [0.29, 0.717) is 35.2 Å². The van der Waals surface area contributed by atoms with Crippen molar-refractivity contribution in [3.05, 3.63) is 78.0 Å². The van der Waals surface area contributed by atoms with Crippen molar-refractivity contribution >= 4 is 26.9 Å². The number of furan rings is 1. The van der Waals surface area contributed by atoms with Gasteiger partial charge in [-0.25, -0.2) is 12.8 Å². The minimum atomic E-state index is -4.50. The van der Waals surface area contributed by atoms with Gasteiger partial charge in [0, 0.05) is 35.5 Å². The van der Waals surface area contributed by atoms with Gasteiger partial charge in [0.2, 0.25) is 11.0 Å². The van der Waals surface area contributed by atoms with E-state index >= 15 is 0 Å². The molecule has 13 heteroatoms. The Labute approximate surface area is 219 Å². The highest BCUT2D eigenvalue weighted by atomic mass is 32.2. The molecule has 4 heterocycles. The van der Waals surface area contributed by atoms with Gasteiger partial charge in [0.05, 0.1) is 23.5 Å². The van der Waals surface area contributed by atoms with Crippen LogP contribution in [0.5, 0.6) is 0 Å². The second-order valence-electron chi connectivity index (χ2n) is 9.58. The van der Waals surface area contributed by atoms with Crippen molar-refractivity contribution in [2.75, 3.05) is 0 Å². The number of nitrogens with zero attached hydrogens (tertiary/aromatic N) is 3. The van der Waals surface area contributed by atoms with E-state index in [4.69, 9.17) is 4.42 Å². The number of carbonyl (C=O) groups is 1. The van der Waals surface area contributed by atoms with Gasteiger partial charge in [-0.2, -0.15) is 17.5 Å². The molecule has 1 saturated carbocycles. The lowest BCUT2D eigenvalue weighted by Crippen LogP contribution is -2.47. The van der Waals surface area contributed by atoms with Crippen LogP contribution in [0.1, 0.15) is 24.1 Å². The lowest BCUT2D eigenvalue weighted by Gasteiger charge is -2.24. The van der Waals surface area contributed by atoms with E-state index in [9.17, 15) is 30.8 Å². The molecule has 1 aromatic carbocycles. The number of rotatable bonds is 6. The molecular weight excluding hydrogens is 540 g/mol. The Kier molecular flexibility index (Phi) is 5.95. The Balaban J connectivity index is 1.17. The predicted octanol–water partition coefficient (Wildman–Crippen LogP) is 4.52. The van der Waals surface area contributed by atoms with Gasteiger partial charge in [-0.05, 0) is 61.2 Å². The molecule has 1 amide bonds. The van der Waals surface area contributed by atoms with Crippen LogP contribution in [0.2, 0.25) is 0 Å². The van der Waals surface area contributed by atoms with E-state index in [1.807, 2.05) is 0 Å². The van der Waals surface area contributed by atoms with Crippen molar-refractivity contribution in [2.45, 2.75) is 42.7 Å². The summed E-state index contributed by atoms with van der Waals surface area (Å²) in [5.74, 6) is -0.975. The zero-order valence-electron chi connectivity index (χ0n) is 20.0. The van der Waals surface area contributed by atoms with Gasteiger partial charge in [0.15, 0.2) is 0 Å². The molecule has 0 bridgehead atoms. The molecule has 1 saturated heterocycles. The van der Waals surface area contributed by atoms with Crippen LogP contribution < -0.4 is 5.32 Å². The van der Waals surface area contributed by atoms with Crippen LogP contribution in [-0.4, -0.2) is 40.7 Å². The summed E-state index contributed by atoms with van der Waals surface area (Å²) in [6.45, 7) is -0.0308. The minimum absolute atomic E-state index is 0.0308. The second-order valence-corrected chi connectivity index (χ2v) is 11.4. The number of piperidine rings is 1. The number of hydrogen-bond donors (Lipinski definition) is 1. The molecule has 4 aromatic rings. The van der Waals surface area contributed by atoms with Crippen molar-refractivity contribution in [1.82, 2.24) is 19.6 Å². The van der Waals surface area contributed by atoms with Crippen LogP contribution >= 0.6 is 0 Å². The number of fused-ring (bicyclic) bond motifs is 2. The molecule has 3 aromatic heterocycles. The number of aromatic nitrogens is 2. The molecule has 6 rings (SSSR count). The van der Waals surface area contributed by atoms with Crippen LogP contribution in [-0.2, 0) is 27.5 Å². The number of nitrogens with one attached hydrogen (secondary N) is 1. The number of pyridine rings is 2. The summed E-state index contributed by atoms with van der Waals surface area (Å²) in [6, 6.07) is 9.02. The van der Waals surface area contributed by atoms with Crippen LogP contribution in [0.3, 0.4) is 0 Å². The summed E-state index contributed by atoms with van der Waals surface area (Å²) in [7, 11) is -4.18. The third kappa shape index (κ3) is 4.76. The average Bonchev–Trinajstić information content (AvgIpc) is 3.34. The first-order chi connectivity index (χ1) is 18.5. The van der Waals surface area contributed by atoms with Crippen molar-refractivity contribution in [3.63, 3.8) is 0 Å². The van der Waals surface area contributed by atoms with Gasteiger partial charge in [-0.15, -0.1) is 0 Å². The van der Waals surface area contributed by atoms with Crippen molar-refractivity contribution < 1.29 is 35.2 Å². The molecule has 8 nitrogen and oxygen atoms in total. The highest BCUT2D eigenvalue weighted by Gasteiger charge is 2.59. The van der Waals surface area contributed by atoms with Gasteiger partial charge in [-0.1, -0.05) is 0 Å². The molecular formula is C26H20F4N4O4S. The summed E-state index contributed by atoms with van der Waals surface area (Å²) in [4.78, 5) is 21.2. The van der Waals surface area contributed by atoms with E-state index < -0.39 is 39.5 Å². The SMILES string of the molecule is O=C(NCc1cc(-c2ccc(C(F)(F)F)cn2)ccn1)[C@@H]1C[C@@H]2C[C@@H]2N1S(=O)(=O)c1cc2cc(F)ccc2o1. The van der Waals surface area contributed by atoms with Crippen molar-refractivity contribution in [1.29, 1.82) is 0 Å². The minimum Gasteiger partial charge on any atom is -0.443 e. The predicted molar refractivity (Wildman–Crippen MR) is 130 cm³/mol. The first-order valence-corrected chi connectivity index (χ1v) is 13.4. The average molecular weight is 561 g/mol. The topological polar surface area (TPSA) is 105 Å². The Morgan fingerprint density at radius 3 is 2.64 bits per heavy atom. The van der Waals surface area contributed by atoms with E-state index in [1.54, 1.807) is 12.1 Å². The van der Waals surface area contributed by atoms with E-state index in [2.05, 4.69) is 15.3 Å². The quantitative estimate of drug-likeness (QED) is 0.348. The van der Waals surface area contributed by atoms with Gasteiger partial charge < -0.3 is 9.73 Å². The molecule has 39 heavy (non-hydrogen) atoms. The largest absolute Gasteiger partial charge is 0.443 e. The number of carbonyl (C=O) groups excluding carboxylic acids is 1. The number of alkyl halides is 3. The second kappa shape index (κ2) is 9.12. The fraction of sp³-hybridized carbons (Fsp3) is 0.269. The normalized spacial score (nSPS) is 21.2. The van der Waals surface area contributed by atoms with E-state index in [-0.39, 0.29) is 29.2 Å².